The van der Waals surface area contributed by atoms with Gasteiger partial charge in [0.05, 0.1) is 11.0 Å². The molecule has 60 heavy (non-hydrogen) atoms. The second-order valence-electron chi connectivity index (χ2n) is 15.2. The maximum atomic E-state index is 6.93. The van der Waals surface area contributed by atoms with Crippen LogP contribution in [-0.4, -0.2) is 19.5 Å². The summed E-state index contributed by atoms with van der Waals surface area (Å²) in [5.41, 5.74) is 12.3. The molecule has 0 aliphatic heterocycles. The van der Waals surface area contributed by atoms with Gasteiger partial charge in [-0.3, -0.25) is 0 Å². The molecule has 0 aliphatic rings. The normalized spacial score (nSPS) is 11.7. The molecule has 5 heteroatoms. The molecule has 0 radical (unpaired) electrons. The van der Waals surface area contributed by atoms with Crippen molar-refractivity contribution in [2.24, 2.45) is 0 Å². The molecule has 0 bridgehead atoms. The second-order valence-corrected chi connectivity index (χ2v) is 15.2. The van der Waals surface area contributed by atoms with Gasteiger partial charge in [-0.25, -0.2) is 15.0 Å². The number of hydrogen-bond donors (Lipinski definition) is 0. The zero-order valence-corrected chi connectivity index (χ0v) is 32.3. The van der Waals surface area contributed by atoms with Crippen LogP contribution in [0.5, 0.6) is 0 Å². The van der Waals surface area contributed by atoms with Crippen LogP contribution in [0.4, 0.5) is 0 Å². The van der Waals surface area contributed by atoms with Crippen LogP contribution in [0.1, 0.15) is 0 Å². The Morgan fingerprint density at radius 2 is 0.817 bits per heavy atom. The lowest BCUT2D eigenvalue weighted by Gasteiger charge is -2.13. The van der Waals surface area contributed by atoms with Crippen molar-refractivity contribution >= 4 is 54.5 Å². The number of para-hydroxylation sites is 2. The molecule has 0 atom stereocenters. The smallest absolute Gasteiger partial charge is 0.164 e. The summed E-state index contributed by atoms with van der Waals surface area (Å²) in [6.45, 7) is 0. The molecule has 280 valence electrons. The molecule has 12 rings (SSSR count). The Bertz CT molecular complexity index is 3480. The molecule has 5 nitrogen and oxygen atoms in total. The van der Waals surface area contributed by atoms with Gasteiger partial charge < -0.3 is 8.98 Å². The van der Waals surface area contributed by atoms with Crippen molar-refractivity contribution in [3.8, 4) is 62.1 Å². The summed E-state index contributed by atoms with van der Waals surface area (Å²) in [5.74, 6) is 1.91. The molecule has 12 aromatic rings. The van der Waals surface area contributed by atoms with Gasteiger partial charge in [-0.2, -0.15) is 0 Å². The van der Waals surface area contributed by atoms with E-state index in [0.29, 0.717) is 17.5 Å². The molecule has 9 aromatic carbocycles. The van der Waals surface area contributed by atoms with Gasteiger partial charge in [0.25, 0.3) is 0 Å². The van der Waals surface area contributed by atoms with Crippen molar-refractivity contribution in [2.45, 2.75) is 0 Å². The van der Waals surface area contributed by atoms with E-state index in [4.69, 9.17) is 19.4 Å². The van der Waals surface area contributed by atoms with Crippen molar-refractivity contribution in [2.75, 3.05) is 0 Å². The van der Waals surface area contributed by atoms with Crippen LogP contribution < -0.4 is 0 Å². The summed E-state index contributed by atoms with van der Waals surface area (Å²) in [4.78, 5) is 15.1. The minimum absolute atomic E-state index is 0.630. The highest BCUT2D eigenvalue weighted by Crippen LogP contribution is 2.43. The quantitative estimate of drug-likeness (QED) is 0.169. The fraction of sp³-hybridized carbons (Fsp3) is 0. The van der Waals surface area contributed by atoms with Gasteiger partial charge in [-0.05, 0) is 69.9 Å². The third kappa shape index (κ3) is 5.52. The maximum Gasteiger partial charge on any atom is 0.164 e. The second kappa shape index (κ2) is 13.8. The Balaban J connectivity index is 1.03. The number of nitrogens with zero attached hydrogens (tertiary/aromatic N) is 4. The number of fused-ring (bicyclic) bond motifs is 7. The average molecular weight is 767 g/mol. The lowest BCUT2D eigenvalue weighted by Crippen LogP contribution is -2.00. The van der Waals surface area contributed by atoms with Crippen LogP contribution in [0, 0.1) is 0 Å². The number of aromatic nitrogens is 4. The Kier molecular flexibility index (Phi) is 7.78. The van der Waals surface area contributed by atoms with Crippen LogP contribution in [-0.2, 0) is 0 Å². The summed E-state index contributed by atoms with van der Waals surface area (Å²) in [6.07, 6.45) is 0. The van der Waals surface area contributed by atoms with E-state index >= 15 is 0 Å². The lowest BCUT2D eigenvalue weighted by atomic mass is 9.94. The molecule has 0 unspecified atom stereocenters. The molecule has 0 spiro atoms. The van der Waals surface area contributed by atoms with Gasteiger partial charge in [0.1, 0.15) is 11.2 Å². The first-order valence-electron chi connectivity index (χ1n) is 20.2. The van der Waals surface area contributed by atoms with E-state index < -0.39 is 0 Å². The number of furan rings is 1. The predicted molar refractivity (Wildman–Crippen MR) is 246 cm³/mol. The number of hydrogen-bond acceptors (Lipinski definition) is 4. The van der Waals surface area contributed by atoms with Crippen LogP contribution >= 0.6 is 0 Å². The minimum Gasteiger partial charge on any atom is -0.455 e. The Labute approximate surface area is 345 Å². The molecule has 0 amide bonds. The number of benzene rings is 9. The largest absolute Gasteiger partial charge is 0.455 e. The molecule has 3 heterocycles. The van der Waals surface area contributed by atoms with Gasteiger partial charge in [0.2, 0.25) is 0 Å². The Hall–Kier alpha value is -8.15. The summed E-state index contributed by atoms with van der Waals surface area (Å²) in [6, 6.07) is 72.1. The van der Waals surface area contributed by atoms with Gasteiger partial charge in [0.15, 0.2) is 17.5 Å². The molecule has 0 saturated carbocycles. The van der Waals surface area contributed by atoms with Crippen LogP contribution in [0.15, 0.2) is 211 Å². The Morgan fingerprint density at radius 1 is 0.317 bits per heavy atom. The SMILES string of the molecule is c1ccc(-c2nc(-c3ccccc3)nc(-c3ccc(-c4ccc5c(c4)oc4c(-c6ccccc6)cc(-n6c7ccccc7c7ccccc76)cc45)c4ccccc34)n2)cc1. The van der Waals surface area contributed by atoms with E-state index in [1.165, 1.54) is 21.8 Å². The van der Waals surface area contributed by atoms with Crippen molar-refractivity contribution in [1.29, 1.82) is 0 Å². The summed E-state index contributed by atoms with van der Waals surface area (Å²) >= 11 is 0. The van der Waals surface area contributed by atoms with Crippen LogP contribution in [0.25, 0.3) is 117 Å². The number of rotatable bonds is 6. The highest BCUT2D eigenvalue weighted by atomic mass is 16.3. The summed E-state index contributed by atoms with van der Waals surface area (Å²) in [7, 11) is 0. The molecule has 0 fully saturated rings. The van der Waals surface area contributed by atoms with Crippen molar-refractivity contribution < 1.29 is 4.42 Å². The van der Waals surface area contributed by atoms with E-state index in [-0.39, 0.29) is 0 Å². The van der Waals surface area contributed by atoms with Gasteiger partial charge >= 0.3 is 0 Å². The summed E-state index contributed by atoms with van der Waals surface area (Å²) in [5, 5.41) is 6.78. The highest BCUT2D eigenvalue weighted by Gasteiger charge is 2.20. The molecule has 0 saturated heterocycles. The van der Waals surface area contributed by atoms with Crippen molar-refractivity contribution in [1.82, 2.24) is 19.5 Å². The zero-order valence-electron chi connectivity index (χ0n) is 32.3. The molecule has 3 aromatic heterocycles. The topological polar surface area (TPSA) is 56.7 Å². The van der Waals surface area contributed by atoms with Crippen LogP contribution in [0.3, 0.4) is 0 Å². The third-order valence-electron chi connectivity index (χ3n) is 11.7. The lowest BCUT2D eigenvalue weighted by molar-refractivity contribution is 0.670. The van der Waals surface area contributed by atoms with Crippen molar-refractivity contribution in [3.05, 3.63) is 206 Å². The van der Waals surface area contributed by atoms with Gasteiger partial charge in [-0.15, -0.1) is 0 Å². The van der Waals surface area contributed by atoms with E-state index in [1.807, 2.05) is 60.7 Å². The van der Waals surface area contributed by atoms with E-state index in [2.05, 4.69) is 150 Å². The molecular formula is C55H34N4O. The molecule has 0 aliphatic carbocycles. The first-order chi connectivity index (χ1) is 29.7. The highest BCUT2D eigenvalue weighted by molar-refractivity contribution is 6.14. The monoisotopic (exact) mass is 766 g/mol. The van der Waals surface area contributed by atoms with Gasteiger partial charge in [-0.1, -0.05) is 164 Å². The minimum atomic E-state index is 0.630. The average Bonchev–Trinajstić information content (AvgIpc) is 3.87. The predicted octanol–water partition coefficient (Wildman–Crippen LogP) is 14.4. The maximum absolute atomic E-state index is 6.93. The molecule has 0 N–H and O–H groups in total. The van der Waals surface area contributed by atoms with E-state index in [1.54, 1.807) is 0 Å². The first kappa shape index (κ1) is 33.9. The first-order valence-corrected chi connectivity index (χ1v) is 20.2. The van der Waals surface area contributed by atoms with E-state index in [9.17, 15) is 0 Å². The fourth-order valence-corrected chi connectivity index (χ4v) is 8.87. The Morgan fingerprint density at radius 3 is 1.43 bits per heavy atom. The summed E-state index contributed by atoms with van der Waals surface area (Å²) < 4.78 is 9.31. The van der Waals surface area contributed by atoms with E-state index in [0.717, 1.165) is 77.3 Å². The van der Waals surface area contributed by atoms with Gasteiger partial charge in [0, 0.05) is 49.5 Å². The third-order valence-corrected chi connectivity index (χ3v) is 11.7. The van der Waals surface area contributed by atoms with Crippen molar-refractivity contribution in [3.63, 3.8) is 0 Å². The molecular weight excluding hydrogens is 733 g/mol. The standard InChI is InChI=1S/C55H34N4O/c1-4-16-35(17-5-1)47-33-39(59-49-26-14-12-24-43(49)44-25-13-15-27-50(44)59)34-48-45-29-28-38(32-51(45)60-52(47)48)40-30-31-46(42-23-11-10-22-41(40)42)55-57-53(36-18-6-2-7-19-36)56-54(58-55)37-20-8-3-9-21-37/h1-34H. The fourth-order valence-electron chi connectivity index (χ4n) is 8.87. The van der Waals surface area contributed by atoms with Crippen LogP contribution in [0.2, 0.25) is 0 Å². The zero-order chi connectivity index (χ0) is 39.6.